The Hall–Kier alpha value is -2.63. The molecule has 1 aromatic heterocycles. The number of nitrogens with zero attached hydrogens (tertiary/aromatic N) is 3. The average molecular weight is 352 g/mol. The predicted molar refractivity (Wildman–Crippen MR) is 97.6 cm³/mol. The predicted octanol–water partition coefficient (Wildman–Crippen LogP) is 2.20. The Morgan fingerprint density at radius 3 is 2.65 bits per heavy atom. The van der Waals surface area contributed by atoms with E-state index in [4.69, 9.17) is 0 Å². The topological polar surface area (TPSA) is 67.2 Å². The van der Waals surface area contributed by atoms with E-state index in [9.17, 15) is 9.59 Å². The van der Waals surface area contributed by atoms with Crippen LogP contribution in [0.3, 0.4) is 0 Å². The number of rotatable bonds is 5. The SMILES string of the molecule is Cc1nccn1-c1ccc(CNC(=O)[C@H]2CCC(=O)N(C3CC3)C2)cc1. The third kappa shape index (κ3) is 3.49. The number of carbonyl (C=O) groups excluding carboxylic acids is 2. The molecule has 1 saturated carbocycles. The molecule has 0 bridgehead atoms. The molecule has 1 saturated heterocycles. The van der Waals surface area contributed by atoms with Crippen molar-refractivity contribution in [2.24, 2.45) is 5.92 Å². The number of carbonyl (C=O) groups is 2. The van der Waals surface area contributed by atoms with Crippen LogP contribution in [-0.2, 0) is 16.1 Å². The molecule has 2 aromatic rings. The van der Waals surface area contributed by atoms with Crippen LogP contribution in [0.25, 0.3) is 5.69 Å². The molecule has 4 rings (SSSR count). The lowest BCUT2D eigenvalue weighted by Gasteiger charge is -2.32. The van der Waals surface area contributed by atoms with Gasteiger partial charge in [-0.05, 0) is 43.9 Å². The van der Waals surface area contributed by atoms with E-state index >= 15 is 0 Å². The molecule has 6 heteroatoms. The number of nitrogens with one attached hydrogen (secondary N) is 1. The maximum Gasteiger partial charge on any atom is 0.225 e. The number of piperidine rings is 1. The summed E-state index contributed by atoms with van der Waals surface area (Å²) in [6.45, 7) is 3.05. The van der Waals surface area contributed by atoms with Gasteiger partial charge in [0.1, 0.15) is 5.82 Å². The zero-order chi connectivity index (χ0) is 18.1. The molecular weight excluding hydrogens is 328 g/mol. The van der Waals surface area contributed by atoms with E-state index in [1.165, 1.54) is 0 Å². The molecule has 2 aliphatic rings. The first kappa shape index (κ1) is 16.8. The maximum absolute atomic E-state index is 12.5. The second-order valence-electron chi connectivity index (χ2n) is 7.24. The largest absolute Gasteiger partial charge is 0.352 e. The first-order valence-corrected chi connectivity index (χ1v) is 9.28. The molecule has 6 nitrogen and oxygen atoms in total. The number of aryl methyl sites for hydroxylation is 1. The molecule has 1 aliphatic carbocycles. The summed E-state index contributed by atoms with van der Waals surface area (Å²) in [7, 11) is 0. The summed E-state index contributed by atoms with van der Waals surface area (Å²) in [5.41, 5.74) is 2.12. The van der Waals surface area contributed by atoms with E-state index in [1.54, 1.807) is 6.20 Å². The third-order valence-corrected chi connectivity index (χ3v) is 5.31. The van der Waals surface area contributed by atoms with Crippen molar-refractivity contribution in [3.05, 3.63) is 48.0 Å². The van der Waals surface area contributed by atoms with Gasteiger partial charge in [0.2, 0.25) is 11.8 Å². The fourth-order valence-electron chi connectivity index (χ4n) is 3.58. The summed E-state index contributed by atoms with van der Waals surface area (Å²) in [5, 5.41) is 3.03. The Morgan fingerprint density at radius 1 is 1.23 bits per heavy atom. The number of imidazole rings is 1. The second kappa shape index (κ2) is 6.94. The summed E-state index contributed by atoms with van der Waals surface area (Å²) in [6, 6.07) is 8.50. The van der Waals surface area contributed by atoms with Crippen molar-refractivity contribution in [3.8, 4) is 5.69 Å². The minimum Gasteiger partial charge on any atom is -0.352 e. The van der Waals surface area contributed by atoms with Crippen LogP contribution in [-0.4, -0.2) is 38.9 Å². The molecule has 0 spiro atoms. The second-order valence-corrected chi connectivity index (χ2v) is 7.24. The standard InChI is InChI=1S/C20H24N4O2/c1-14-21-10-11-23(14)17-5-2-15(3-6-17)12-22-20(26)16-4-9-19(25)24(13-16)18-7-8-18/h2-3,5-6,10-11,16,18H,4,7-9,12-13H2,1H3,(H,22,26)/t16-/m0/s1. The fourth-order valence-corrected chi connectivity index (χ4v) is 3.58. The Labute approximate surface area is 153 Å². The molecule has 1 atom stereocenters. The maximum atomic E-state index is 12.5. The van der Waals surface area contributed by atoms with Gasteiger partial charge in [0.15, 0.2) is 0 Å². The monoisotopic (exact) mass is 352 g/mol. The van der Waals surface area contributed by atoms with Gasteiger partial charge in [-0.15, -0.1) is 0 Å². The number of hydrogen-bond donors (Lipinski definition) is 1. The lowest BCUT2D eigenvalue weighted by atomic mass is 9.96. The fraction of sp³-hybridized carbons (Fsp3) is 0.450. The van der Waals surface area contributed by atoms with Gasteiger partial charge >= 0.3 is 0 Å². The Balaban J connectivity index is 1.33. The van der Waals surface area contributed by atoms with Crippen molar-refractivity contribution in [2.45, 2.75) is 45.2 Å². The van der Waals surface area contributed by atoms with Gasteiger partial charge < -0.3 is 14.8 Å². The van der Waals surface area contributed by atoms with Gasteiger partial charge in [-0.2, -0.15) is 0 Å². The van der Waals surface area contributed by atoms with Gasteiger partial charge in [0.05, 0.1) is 5.92 Å². The molecule has 2 heterocycles. The van der Waals surface area contributed by atoms with Crippen molar-refractivity contribution < 1.29 is 9.59 Å². The average Bonchev–Trinajstić information content (AvgIpc) is 3.41. The van der Waals surface area contributed by atoms with Crippen LogP contribution in [0.1, 0.15) is 37.1 Å². The first-order valence-electron chi connectivity index (χ1n) is 9.28. The number of likely N-dealkylation sites (tertiary alicyclic amines) is 1. The molecule has 26 heavy (non-hydrogen) atoms. The molecule has 1 aromatic carbocycles. The molecule has 136 valence electrons. The van der Waals surface area contributed by atoms with Crippen LogP contribution in [0.5, 0.6) is 0 Å². The van der Waals surface area contributed by atoms with E-state index in [-0.39, 0.29) is 17.7 Å². The highest BCUT2D eigenvalue weighted by Gasteiger charge is 2.38. The highest BCUT2D eigenvalue weighted by atomic mass is 16.2. The lowest BCUT2D eigenvalue weighted by Crippen LogP contribution is -2.46. The van der Waals surface area contributed by atoms with Crippen LogP contribution in [0.4, 0.5) is 0 Å². The van der Waals surface area contributed by atoms with E-state index in [1.807, 2.05) is 46.9 Å². The molecular formula is C20H24N4O2. The van der Waals surface area contributed by atoms with E-state index in [0.717, 1.165) is 29.9 Å². The minimum atomic E-state index is -0.0822. The van der Waals surface area contributed by atoms with Crippen LogP contribution < -0.4 is 5.32 Å². The number of benzene rings is 1. The Morgan fingerprint density at radius 2 is 2.00 bits per heavy atom. The van der Waals surface area contributed by atoms with Crippen molar-refractivity contribution in [3.63, 3.8) is 0 Å². The molecule has 1 N–H and O–H groups in total. The van der Waals surface area contributed by atoms with Crippen molar-refractivity contribution in [1.82, 2.24) is 19.8 Å². The van der Waals surface area contributed by atoms with Crippen LogP contribution in [0.2, 0.25) is 0 Å². The summed E-state index contributed by atoms with van der Waals surface area (Å²) in [4.78, 5) is 30.6. The normalized spacial score (nSPS) is 20.3. The Bertz CT molecular complexity index is 807. The number of aromatic nitrogens is 2. The minimum absolute atomic E-state index is 0.0534. The molecule has 1 aliphatic heterocycles. The van der Waals surface area contributed by atoms with Gasteiger partial charge in [-0.1, -0.05) is 12.1 Å². The Kier molecular flexibility index (Phi) is 4.49. The quantitative estimate of drug-likeness (QED) is 0.897. The number of amides is 2. The van der Waals surface area contributed by atoms with Crippen LogP contribution in [0, 0.1) is 12.8 Å². The lowest BCUT2D eigenvalue weighted by molar-refractivity contribution is -0.138. The van der Waals surface area contributed by atoms with Gasteiger partial charge in [-0.25, -0.2) is 4.98 Å². The van der Waals surface area contributed by atoms with Crippen LogP contribution >= 0.6 is 0 Å². The highest BCUT2D eigenvalue weighted by Crippen LogP contribution is 2.31. The van der Waals surface area contributed by atoms with Crippen molar-refractivity contribution in [1.29, 1.82) is 0 Å². The van der Waals surface area contributed by atoms with E-state index in [0.29, 0.717) is 32.0 Å². The molecule has 0 radical (unpaired) electrons. The van der Waals surface area contributed by atoms with Gasteiger partial charge in [0, 0.05) is 43.6 Å². The van der Waals surface area contributed by atoms with Crippen molar-refractivity contribution >= 4 is 11.8 Å². The zero-order valence-corrected chi connectivity index (χ0v) is 15.0. The summed E-state index contributed by atoms with van der Waals surface area (Å²) in [5.74, 6) is 1.12. The van der Waals surface area contributed by atoms with Crippen molar-refractivity contribution in [2.75, 3.05) is 6.54 Å². The van der Waals surface area contributed by atoms with Crippen LogP contribution in [0.15, 0.2) is 36.7 Å². The number of hydrogen-bond acceptors (Lipinski definition) is 3. The first-order chi connectivity index (χ1) is 12.6. The van der Waals surface area contributed by atoms with Gasteiger partial charge in [0.25, 0.3) is 0 Å². The molecule has 2 amide bonds. The highest BCUT2D eigenvalue weighted by molar-refractivity contribution is 5.84. The third-order valence-electron chi connectivity index (χ3n) is 5.31. The summed E-state index contributed by atoms with van der Waals surface area (Å²) >= 11 is 0. The summed E-state index contributed by atoms with van der Waals surface area (Å²) < 4.78 is 2.02. The molecule has 2 fully saturated rings. The van der Waals surface area contributed by atoms with E-state index < -0.39 is 0 Å². The van der Waals surface area contributed by atoms with E-state index in [2.05, 4.69) is 10.3 Å². The van der Waals surface area contributed by atoms with Gasteiger partial charge in [-0.3, -0.25) is 9.59 Å². The molecule has 0 unspecified atom stereocenters. The summed E-state index contributed by atoms with van der Waals surface area (Å²) in [6.07, 6.45) is 7.04. The smallest absolute Gasteiger partial charge is 0.225 e. The zero-order valence-electron chi connectivity index (χ0n) is 15.0.